The summed E-state index contributed by atoms with van der Waals surface area (Å²) in [5.41, 5.74) is -0.859. The van der Waals surface area contributed by atoms with Crippen molar-refractivity contribution in [3.63, 3.8) is 0 Å². The summed E-state index contributed by atoms with van der Waals surface area (Å²) < 4.78 is 35.9. The Morgan fingerprint density at radius 2 is 2.00 bits per heavy atom. The van der Waals surface area contributed by atoms with Gasteiger partial charge in [0.15, 0.2) is 0 Å². The van der Waals surface area contributed by atoms with Crippen LogP contribution < -0.4 is 5.32 Å². The van der Waals surface area contributed by atoms with Crippen molar-refractivity contribution < 1.29 is 17.6 Å². The van der Waals surface area contributed by atoms with Crippen molar-refractivity contribution in [2.24, 2.45) is 0 Å². The zero-order valence-corrected chi connectivity index (χ0v) is 12.4. The molecule has 0 bridgehead atoms. The van der Waals surface area contributed by atoms with Gasteiger partial charge in [0.25, 0.3) is 15.0 Å². The lowest BCUT2D eigenvalue weighted by molar-refractivity contribution is 0.0907. The van der Waals surface area contributed by atoms with Gasteiger partial charge in [-0.3, -0.25) is 4.79 Å². The predicted octanol–water partition coefficient (Wildman–Crippen LogP) is 2.67. The molecule has 0 fully saturated rings. The molecule has 4 nitrogen and oxygen atoms in total. The fourth-order valence-corrected chi connectivity index (χ4v) is 2.07. The molecule has 0 saturated carbocycles. The molecule has 0 saturated heterocycles. The smallest absolute Gasteiger partial charge is 0.261 e. The highest BCUT2D eigenvalue weighted by Gasteiger charge is 2.22. The number of rotatable bonds is 4. The number of nitrogens with one attached hydrogen (secondary N) is 1. The molecule has 1 aromatic rings. The van der Waals surface area contributed by atoms with E-state index in [0.717, 1.165) is 18.2 Å². The lowest BCUT2D eigenvalue weighted by Gasteiger charge is -2.24. The van der Waals surface area contributed by atoms with Gasteiger partial charge in [0, 0.05) is 16.2 Å². The second kappa shape index (κ2) is 5.46. The highest BCUT2D eigenvalue weighted by Crippen LogP contribution is 2.19. The van der Waals surface area contributed by atoms with Crippen molar-refractivity contribution >= 4 is 25.6 Å². The molecule has 106 valence electrons. The summed E-state index contributed by atoms with van der Waals surface area (Å²) in [6, 6.07) is 2.85. The topological polar surface area (TPSA) is 63.2 Å². The highest BCUT2D eigenvalue weighted by molar-refractivity contribution is 8.13. The van der Waals surface area contributed by atoms with E-state index in [1.807, 2.05) is 6.92 Å². The first-order valence-corrected chi connectivity index (χ1v) is 7.94. The second-order valence-electron chi connectivity index (χ2n) is 4.77. The van der Waals surface area contributed by atoms with E-state index < -0.39 is 26.3 Å². The van der Waals surface area contributed by atoms with Crippen LogP contribution in [-0.2, 0) is 9.05 Å². The van der Waals surface area contributed by atoms with Crippen molar-refractivity contribution in [1.82, 2.24) is 5.32 Å². The van der Waals surface area contributed by atoms with E-state index in [1.165, 1.54) is 0 Å². The molecule has 1 N–H and O–H groups in total. The third kappa shape index (κ3) is 4.18. The zero-order chi connectivity index (χ0) is 14.8. The Bertz CT molecular complexity index is 599. The van der Waals surface area contributed by atoms with Crippen LogP contribution >= 0.6 is 10.7 Å². The van der Waals surface area contributed by atoms with Crippen molar-refractivity contribution in [3.8, 4) is 0 Å². The van der Waals surface area contributed by atoms with Crippen LogP contribution in [0.2, 0.25) is 0 Å². The Kier molecular flexibility index (Phi) is 4.58. The summed E-state index contributed by atoms with van der Waals surface area (Å²) in [4.78, 5) is 11.6. The minimum Gasteiger partial charge on any atom is -0.347 e. The maximum atomic E-state index is 13.6. The summed E-state index contributed by atoms with van der Waals surface area (Å²) in [7, 11) is 1.17. The van der Waals surface area contributed by atoms with Gasteiger partial charge in [-0.2, -0.15) is 0 Å². The Balaban J connectivity index is 3.17. The third-order valence-electron chi connectivity index (χ3n) is 2.80. The predicted molar refractivity (Wildman–Crippen MR) is 71.3 cm³/mol. The van der Waals surface area contributed by atoms with E-state index in [9.17, 15) is 17.6 Å². The summed E-state index contributed by atoms with van der Waals surface area (Å²) in [6.45, 7) is 5.44. The lowest BCUT2D eigenvalue weighted by Crippen LogP contribution is -2.43. The van der Waals surface area contributed by atoms with Gasteiger partial charge in [0.2, 0.25) is 0 Å². The van der Waals surface area contributed by atoms with E-state index >= 15 is 0 Å². The summed E-state index contributed by atoms with van der Waals surface area (Å²) in [5, 5.41) is 2.62. The van der Waals surface area contributed by atoms with Crippen LogP contribution in [0.1, 0.15) is 37.6 Å². The van der Waals surface area contributed by atoms with Gasteiger partial charge in [0.1, 0.15) is 5.82 Å². The van der Waals surface area contributed by atoms with Crippen LogP contribution in [0, 0.1) is 5.82 Å². The summed E-state index contributed by atoms with van der Waals surface area (Å²) in [6.07, 6.45) is 0.647. The Hall–Kier alpha value is -1.14. The molecule has 1 aromatic carbocycles. The molecule has 0 spiro atoms. The summed E-state index contributed by atoms with van der Waals surface area (Å²) >= 11 is 0. The normalized spacial score (nSPS) is 12.3. The van der Waals surface area contributed by atoms with Crippen molar-refractivity contribution in [3.05, 3.63) is 29.6 Å². The Labute approximate surface area is 116 Å². The van der Waals surface area contributed by atoms with Gasteiger partial charge < -0.3 is 5.32 Å². The van der Waals surface area contributed by atoms with Crippen LogP contribution in [0.25, 0.3) is 0 Å². The average Bonchev–Trinajstić information content (AvgIpc) is 2.27. The van der Waals surface area contributed by atoms with Gasteiger partial charge in [-0.1, -0.05) is 6.92 Å². The van der Waals surface area contributed by atoms with E-state index in [-0.39, 0.29) is 10.5 Å². The van der Waals surface area contributed by atoms with Gasteiger partial charge in [-0.05, 0) is 38.5 Å². The van der Waals surface area contributed by atoms with Crippen LogP contribution in [0.4, 0.5) is 4.39 Å². The molecule has 0 aromatic heterocycles. The van der Waals surface area contributed by atoms with Gasteiger partial charge in [-0.25, -0.2) is 12.8 Å². The zero-order valence-electron chi connectivity index (χ0n) is 10.8. The molecular weight excluding hydrogens is 293 g/mol. The molecule has 0 radical (unpaired) electrons. The Morgan fingerprint density at radius 3 is 2.47 bits per heavy atom. The van der Waals surface area contributed by atoms with Crippen molar-refractivity contribution in [2.45, 2.75) is 37.6 Å². The summed E-state index contributed by atoms with van der Waals surface area (Å²) in [5.74, 6) is -1.47. The maximum absolute atomic E-state index is 13.6. The second-order valence-corrected chi connectivity index (χ2v) is 7.34. The van der Waals surface area contributed by atoms with Crippen molar-refractivity contribution in [2.75, 3.05) is 0 Å². The van der Waals surface area contributed by atoms with E-state index in [4.69, 9.17) is 10.7 Å². The third-order valence-corrected chi connectivity index (χ3v) is 4.15. The maximum Gasteiger partial charge on any atom is 0.261 e. The highest BCUT2D eigenvalue weighted by atomic mass is 35.7. The number of carbonyl (C=O) groups is 1. The largest absolute Gasteiger partial charge is 0.347 e. The standard InChI is InChI=1S/C12H15ClFNO3S/c1-4-12(2,3)15-11(16)9-7-8(19(13,17)18)5-6-10(9)14/h5-7H,4H2,1-3H3,(H,15,16). The van der Waals surface area contributed by atoms with Gasteiger partial charge in [0.05, 0.1) is 10.5 Å². The average molecular weight is 308 g/mol. The fourth-order valence-electron chi connectivity index (χ4n) is 1.29. The first-order chi connectivity index (χ1) is 8.57. The quantitative estimate of drug-likeness (QED) is 0.870. The van der Waals surface area contributed by atoms with E-state index in [0.29, 0.717) is 6.42 Å². The minimum absolute atomic E-state index is 0.310. The molecule has 0 aliphatic rings. The van der Waals surface area contributed by atoms with Crippen LogP contribution in [0.15, 0.2) is 23.1 Å². The Morgan fingerprint density at radius 1 is 1.42 bits per heavy atom. The number of amides is 1. The molecule has 0 heterocycles. The van der Waals surface area contributed by atoms with Crippen molar-refractivity contribution in [1.29, 1.82) is 0 Å². The van der Waals surface area contributed by atoms with E-state index in [2.05, 4.69) is 5.32 Å². The number of carbonyl (C=O) groups excluding carboxylic acids is 1. The van der Waals surface area contributed by atoms with E-state index in [1.54, 1.807) is 13.8 Å². The van der Waals surface area contributed by atoms with Gasteiger partial charge >= 0.3 is 0 Å². The van der Waals surface area contributed by atoms with Crippen LogP contribution in [0.5, 0.6) is 0 Å². The number of benzene rings is 1. The minimum atomic E-state index is -4.00. The lowest BCUT2D eigenvalue weighted by atomic mass is 10.0. The molecule has 7 heteroatoms. The molecule has 0 unspecified atom stereocenters. The number of halogens is 2. The first-order valence-electron chi connectivity index (χ1n) is 5.63. The molecule has 0 aliphatic heterocycles. The van der Waals surface area contributed by atoms with Crippen LogP contribution in [-0.4, -0.2) is 19.9 Å². The fraction of sp³-hybridized carbons (Fsp3) is 0.417. The number of hydrogen-bond donors (Lipinski definition) is 1. The van der Waals surface area contributed by atoms with Crippen LogP contribution in [0.3, 0.4) is 0 Å². The molecule has 0 aliphatic carbocycles. The molecular formula is C12H15ClFNO3S. The monoisotopic (exact) mass is 307 g/mol. The first kappa shape index (κ1) is 15.9. The molecule has 19 heavy (non-hydrogen) atoms. The van der Waals surface area contributed by atoms with Gasteiger partial charge in [-0.15, -0.1) is 0 Å². The molecule has 1 amide bonds. The number of hydrogen-bond acceptors (Lipinski definition) is 3. The molecule has 1 rings (SSSR count). The molecule has 0 atom stereocenters. The SMILES string of the molecule is CCC(C)(C)NC(=O)c1cc(S(=O)(=O)Cl)ccc1F.